The number of hydrogen-bond acceptors (Lipinski definition) is 6. The largest absolute Gasteiger partial charge is 0.373 e. The Morgan fingerprint density at radius 3 is 2.76 bits per heavy atom. The number of hydrogen-bond donors (Lipinski definition) is 0. The number of rotatable bonds is 4. The van der Waals surface area contributed by atoms with E-state index >= 15 is 0 Å². The standard InChI is InChI=1S/C15H20N4OS/c1-4-20-12-7-5-6-11-13(12)21-14(18-11)10-8-16-15(17-9-10)19(2)3/h8-9,12H,4-7H2,1-3H3. The number of anilines is 1. The van der Waals surface area contributed by atoms with Gasteiger partial charge in [-0.2, -0.15) is 0 Å². The number of ether oxygens (including phenoxy) is 1. The van der Waals surface area contributed by atoms with Crippen LogP contribution in [-0.4, -0.2) is 35.7 Å². The lowest BCUT2D eigenvalue weighted by molar-refractivity contribution is 0.0524. The van der Waals surface area contributed by atoms with Crippen molar-refractivity contribution in [3.8, 4) is 10.6 Å². The quantitative estimate of drug-likeness (QED) is 0.869. The molecule has 1 aliphatic rings. The van der Waals surface area contributed by atoms with E-state index in [9.17, 15) is 0 Å². The zero-order chi connectivity index (χ0) is 14.8. The molecule has 6 heteroatoms. The van der Waals surface area contributed by atoms with E-state index in [1.54, 1.807) is 11.3 Å². The fourth-order valence-electron chi connectivity index (χ4n) is 2.53. The number of aromatic nitrogens is 3. The molecule has 0 spiro atoms. The second kappa shape index (κ2) is 6.07. The van der Waals surface area contributed by atoms with Crippen LogP contribution >= 0.6 is 11.3 Å². The van der Waals surface area contributed by atoms with Crippen molar-refractivity contribution < 1.29 is 4.74 Å². The first-order chi connectivity index (χ1) is 10.2. The predicted molar refractivity (Wildman–Crippen MR) is 84.8 cm³/mol. The zero-order valence-corrected chi connectivity index (χ0v) is 13.5. The zero-order valence-electron chi connectivity index (χ0n) is 12.7. The average molecular weight is 304 g/mol. The number of aryl methyl sites for hydroxylation is 1. The lowest BCUT2D eigenvalue weighted by Gasteiger charge is -2.20. The number of nitrogens with zero attached hydrogens (tertiary/aromatic N) is 4. The maximum Gasteiger partial charge on any atom is 0.224 e. The fraction of sp³-hybridized carbons (Fsp3) is 0.533. The molecule has 1 unspecified atom stereocenters. The second-order valence-corrected chi connectivity index (χ2v) is 6.36. The van der Waals surface area contributed by atoms with Gasteiger partial charge in [0.2, 0.25) is 5.95 Å². The van der Waals surface area contributed by atoms with Gasteiger partial charge in [-0.25, -0.2) is 15.0 Å². The third-order valence-electron chi connectivity index (χ3n) is 3.55. The van der Waals surface area contributed by atoms with E-state index in [2.05, 4.69) is 9.97 Å². The van der Waals surface area contributed by atoms with Gasteiger partial charge in [0.05, 0.1) is 16.7 Å². The molecule has 0 N–H and O–H groups in total. The van der Waals surface area contributed by atoms with Gasteiger partial charge in [0.25, 0.3) is 0 Å². The summed E-state index contributed by atoms with van der Waals surface area (Å²) in [6.07, 6.45) is 7.21. The van der Waals surface area contributed by atoms with Crippen LogP contribution in [0.15, 0.2) is 12.4 Å². The van der Waals surface area contributed by atoms with Crippen molar-refractivity contribution in [3.05, 3.63) is 23.0 Å². The normalized spacial score (nSPS) is 17.6. The number of fused-ring (bicyclic) bond motifs is 1. The summed E-state index contributed by atoms with van der Waals surface area (Å²) < 4.78 is 5.84. The summed E-state index contributed by atoms with van der Waals surface area (Å²) in [6, 6.07) is 0. The van der Waals surface area contributed by atoms with Gasteiger partial charge < -0.3 is 9.64 Å². The molecule has 112 valence electrons. The van der Waals surface area contributed by atoms with Gasteiger partial charge in [-0.1, -0.05) is 0 Å². The van der Waals surface area contributed by atoms with Crippen LogP contribution in [0.5, 0.6) is 0 Å². The van der Waals surface area contributed by atoms with Crippen LogP contribution in [0, 0.1) is 0 Å². The van der Waals surface area contributed by atoms with Crippen molar-refractivity contribution in [2.24, 2.45) is 0 Å². The molecule has 0 saturated heterocycles. The summed E-state index contributed by atoms with van der Waals surface area (Å²) in [7, 11) is 3.87. The molecular weight excluding hydrogens is 284 g/mol. The van der Waals surface area contributed by atoms with Crippen LogP contribution in [0.25, 0.3) is 10.6 Å². The van der Waals surface area contributed by atoms with E-state index in [1.165, 1.54) is 10.6 Å². The van der Waals surface area contributed by atoms with Crippen LogP contribution in [0.2, 0.25) is 0 Å². The van der Waals surface area contributed by atoms with E-state index in [1.807, 2.05) is 38.3 Å². The molecule has 0 amide bonds. The van der Waals surface area contributed by atoms with Gasteiger partial charge in [-0.15, -0.1) is 11.3 Å². The topological polar surface area (TPSA) is 51.1 Å². The Bertz CT molecular complexity index is 609. The summed E-state index contributed by atoms with van der Waals surface area (Å²) in [5.41, 5.74) is 2.17. The molecule has 0 bridgehead atoms. The molecule has 0 fully saturated rings. The van der Waals surface area contributed by atoms with Crippen LogP contribution in [0.3, 0.4) is 0 Å². The molecule has 2 aromatic rings. The molecule has 3 rings (SSSR count). The molecule has 0 aliphatic heterocycles. The minimum atomic E-state index is 0.215. The fourth-order valence-corrected chi connectivity index (χ4v) is 3.70. The van der Waals surface area contributed by atoms with Crippen molar-refractivity contribution in [1.82, 2.24) is 15.0 Å². The van der Waals surface area contributed by atoms with Crippen LogP contribution in [0.1, 0.15) is 36.4 Å². The minimum absolute atomic E-state index is 0.215. The molecule has 0 saturated carbocycles. The first-order valence-electron chi connectivity index (χ1n) is 7.30. The number of thiazole rings is 1. The second-order valence-electron chi connectivity index (χ2n) is 5.33. The summed E-state index contributed by atoms with van der Waals surface area (Å²) in [4.78, 5) is 16.7. The summed E-state index contributed by atoms with van der Waals surface area (Å²) in [6.45, 7) is 2.79. The highest BCUT2D eigenvalue weighted by molar-refractivity contribution is 7.15. The Morgan fingerprint density at radius 2 is 2.10 bits per heavy atom. The molecule has 1 aliphatic carbocycles. The average Bonchev–Trinajstić information content (AvgIpc) is 2.93. The monoisotopic (exact) mass is 304 g/mol. The van der Waals surface area contributed by atoms with Crippen molar-refractivity contribution in [2.75, 3.05) is 25.6 Å². The Labute approximate surface area is 129 Å². The highest BCUT2D eigenvalue weighted by Crippen LogP contribution is 2.39. The molecule has 1 atom stereocenters. The molecule has 5 nitrogen and oxygen atoms in total. The van der Waals surface area contributed by atoms with Gasteiger partial charge in [0, 0.05) is 38.7 Å². The van der Waals surface area contributed by atoms with Gasteiger partial charge in [0.1, 0.15) is 5.01 Å². The first-order valence-corrected chi connectivity index (χ1v) is 8.11. The molecule has 0 aromatic carbocycles. The third-order valence-corrected chi connectivity index (χ3v) is 4.79. The molecule has 2 aromatic heterocycles. The van der Waals surface area contributed by atoms with Crippen molar-refractivity contribution in [1.29, 1.82) is 0 Å². The van der Waals surface area contributed by atoms with Crippen LogP contribution < -0.4 is 4.90 Å². The highest BCUT2D eigenvalue weighted by atomic mass is 32.1. The van der Waals surface area contributed by atoms with Crippen molar-refractivity contribution in [3.63, 3.8) is 0 Å². The first kappa shape index (κ1) is 14.4. The maximum atomic E-state index is 5.84. The predicted octanol–water partition coefficient (Wildman–Crippen LogP) is 3.08. The van der Waals surface area contributed by atoms with E-state index in [0.717, 1.165) is 36.4 Å². The van der Waals surface area contributed by atoms with Gasteiger partial charge in [0.15, 0.2) is 0 Å². The van der Waals surface area contributed by atoms with E-state index in [0.29, 0.717) is 5.95 Å². The Hall–Kier alpha value is -1.53. The van der Waals surface area contributed by atoms with Crippen molar-refractivity contribution in [2.45, 2.75) is 32.3 Å². The summed E-state index contributed by atoms with van der Waals surface area (Å²) >= 11 is 1.72. The van der Waals surface area contributed by atoms with E-state index in [-0.39, 0.29) is 6.10 Å². The molecule has 21 heavy (non-hydrogen) atoms. The summed E-state index contributed by atoms with van der Waals surface area (Å²) in [5, 5.41) is 0.997. The molecular formula is C15H20N4OS. The molecule has 0 radical (unpaired) electrons. The van der Waals surface area contributed by atoms with Gasteiger partial charge in [-0.05, 0) is 26.2 Å². The van der Waals surface area contributed by atoms with Crippen LogP contribution in [-0.2, 0) is 11.2 Å². The summed E-state index contributed by atoms with van der Waals surface area (Å²) in [5.74, 6) is 0.715. The van der Waals surface area contributed by atoms with E-state index in [4.69, 9.17) is 9.72 Å². The minimum Gasteiger partial charge on any atom is -0.373 e. The van der Waals surface area contributed by atoms with E-state index < -0.39 is 0 Å². The Morgan fingerprint density at radius 1 is 1.33 bits per heavy atom. The Kier molecular flexibility index (Phi) is 4.17. The molecule has 2 heterocycles. The smallest absolute Gasteiger partial charge is 0.224 e. The third kappa shape index (κ3) is 2.91. The van der Waals surface area contributed by atoms with Gasteiger partial charge >= 0.3 is 0 Å². The highest BCUT2D eigenvalue weighted by Gasteiger charge is 2.25. The Balaban J connectivity index is 1.90. The van der Waals surface area contributed by atoms with Gasteiger partial charge in [-0.3, -0.25) is 0 Å². The maximum absolute atomic E-state index is 5.84. The SMILES string of the molecule is CCOC1CCCc2nc(-c3cnc(N(C)C)nc3)sc21. The van der Waals surface area contributed by atoms with Crippen molar-refractivity contribution >= 4 is 17.3 Å². The lowest BCUT2D eigenvalue weighted by atomic mass is 10.0. The lowest BCUT2D eigenvalue weighted by Crippen LogP contribution is -2.12. The van der Waals surface area contributed by atoms with Crippen LogP contribution in [0.4, 0.5) is 5.95 Å².